The van der Waals surface area contributed by atoms with E-state index in [0.717, 1.165) is 30.2 Å². The molecule has 0 amide bonds. The molecule has 1 spiro atoms. The van der Waals surface area contributed by atoms with Gasteiger partial charge < -0.3 is 48.2 Å². The predicted molar refractivity (Wildman–Crippen MR) is 176 cm³/mol. The second-order valence-electron chi connectivity index (χ2n) is 13.5. The van der Waals surface area contributed by atoms with Crippen molar-refractivity contribution in [2.24, 2.45) is 0 Å². The Balaban J connectivity index is 1.05. The summed E-state index contributed by atoms with van der Waals surface area (Å²) in [4.78, 5) is 63.3. The molecule has 0 aliphatic carbocycles. The number of aliphatic hydroxyl groups excluding tert-OH is 3. The van der Waals surface area contributed by atoms with Crippen LogP contribution in [0.1, 0.15) is 62.5 Å². The van der Waals surface area contributed by atoms with E-state index in [-0.39, 0.29) is 6.10 Å². The Labute approximate surface area is 299 Å². The number of nitrogens with zero attached hydrogens (tertiary/aromatic N) is 1. The number of carbonyl (C=O) groups is 5. The molecular weight excluding hydrogens is 682 g/mol. The second kappa shape index (κ2) is 15.6. The Morgan fingerprint density at radius 1 is 0.827 bits per heavy atom. The van der Waals surface area contributed by atoms with E-state index < -0.39 is 85.6 Å². The summed E-state index contributed by atoms with van der Waals surface area (Å²) in [5, 5.41) is 29.0. The molecule has 3 fully saturated rings. The zero-order chi connectivity index (χ0) is 36.9. The van der Waals surface area contributed by atoms with Gasteiger partial charge in [-0.05, 0) is 0 Å². The van der Waals surface area contributed by atoms with E-state index >= 15 is 0 Å². The van der Waals surface area contributed by atoms with E-state index in [0.29, 0.717) is 23.2 Å². The fourth-order valence-corrected chi connectivity index (χ4v) is 8.09. The average molecular weight is 725 g/mol. The first-order valence-corrected chi connectivity index (χ1v) is 17.4. The quantitative estimate of drug-likeness (QED) is 0.117. The highest BCUT2D eigenvalue weighted by atomic mass is 16.8. The lowest BCUT2D eigenvalue weighted by atomic mass is 9.85. The summed E-state index contributed by atoms with van der Waals surface area (Å²) < 4.78 is 32.7. The molecule has 2 aromatic rings. The average Bonchev–Trinajstić information content (AvgIpc) is 3.78. The van der Waals surface area contributed by atoms with Crippen molar-refractivity contribution in [2.75, 3.05) is 26.5 Å². The standard InChI is InChI=1S/C37H41NO14/c39-28(33-31(42)32(43)34(44)51-33)21-47-29(40)15-16-30(41)48-22-49-36(46)52-37(23-9-3-1-4-10-23,24-11-5-2-6-12-24)35(45)50-27-19-25-13-14-26(20-27)38(25)17-7-8-18-38/h1-6,9-12,25-28,33,39H,7-8,13-22H2,(H-,42,43,44)/p+1/t25?,26?,27?,28-,33+/m0/s1. The highest BCUT2D eigenvalue weighted by Crippen LogP contribution is 2.47. The fraction of sp³-hybridized carbons (Fsp3) is 0.486. The lowest BCUT2D eigenvalue weighted by molar-refractivity contribution is -0.956. The molecule has 15 heteroatoms. The minimum Gasteiger partial charge on any atom is -0.505 e. The molecule has 15 nitrogen and oxygen atoms in total. The minimum atomic E-state index is -2.05. The van der Waals surface area contributed by atoms with Crippen molar-refractivity contribution in [3.8, 4) is 0 Å². The number of carbonyl (C=O) groups excluding carboxylic acids is 5. The van der Waals surface area contributed by atoms with Crippen LogP contribution in [0.5, 0.6) is 0 Å². The van der Waals surface area contributed by atoms with Crippen LogP contribution in [0, 0.1) is 0 Å². The summed E-state index contributed by atoms with van der Waals surface area (Å²) in [5.74, 6) is -5.85. The molecule has 4 atom stereocenters. The van der Waals surface area contributed by atoms with Crippen molar-refractivity contribution in [3.63, 3.8) is 0 Å². The van der Waals surface area contributed by atoms with Gasteiger partial charge in [-0.25, -0.2) is 14.4 Å². The van der Waals surface area contributed by atoms with E-state index in [1.54, 1.807) is 60.7 Å². The first-order valence-electron chi connectivity index (χ1n) is 17.4. The Kier molecular flexibility index (Phi) is 11.0. The van der Waals surface area contributed by atoms with Crippen LogP contribution in [0.2, 0.25) is 0 Å². The van der Waals surface area contributed by atoms with Gasteiger partial charge >= 0.3 is 30.0 Å². The molecule has 2 unspecified atom stereocenters. The fourth-order valence-electron chi connectivity index (χ4n) is 8.09. The third-order valence-electron chi connectivity index (χ3n) is 10.5. The van der Waals surface area contributed by atoms with E-state index in [1.165, 1.54) is 25.9 Å². The number of piperidine rings is 1. The monoisotopic (exact) mass is 724 g/mol. The molecule has 0 saturated carbocycles. The first kappa shape index (κ1) is 36.6. The van der Waals surface area contributed by atoms with Gasteiger partial charge in [-0.3, -0.25) is 9.59 Å². The third kappa shape index (κ3) is 7.41. The van der Waals surface area contributed by atoms with Crippen LogP contribution < -0.4 is 0 Å². The van der Waals surface area contributed by atoms with Crippen LogP contribution in [-0.4, -0.2) is 107 Å². The van der Waals surface area contributed by atoms with Gasteiger partial charge in [-0.15, -0.1) is 0 Å². The van der Waals surface area contributed by atoms with E-state index in [4.69, 9.17) is 23.7 Å². The van der Waals surface area contributed by atoms with E-state index in [1.807, 2.05) is 0 Å². The number of esters is 4. The third-order valence-corrected chi connectivity index (χ3v) is 10.5. The van der Waals surface area contributed by atoms with Crippen LogP contribution in [0.3, 0.4) is 0 Å². The topological polar surface area (TPSA) is 201 Å². The molecule has 3 N–H and O–H groups in total. The number of cyclic esters (lactones) is 1. The molecule has 6 rings (SSSR count). The van der Waals surface area contributed by atoms with Gasteiger partial charge in [-0.2, -0.15) is 0 Å². The molecule has 52 heavy (non-hydrogen) atoms. The number of quaternary nitrogens is 1. The number of hydrogen-bond donors (Lipinski definition) is 3. The Morgan fingerprint density at radius 2 is 1.38 bits per heavy atom. The predicted octanol–water partition coefficient (Wildman–Crippen LogP) is 3.37. The van der Waals surface area contributed by atoms with Crippen LogP contribution in [0.15, 0.2) is 72.2 Å². The highest BCUT2D eigenvalue weighted by molar-refractivity contribution is 5.89. The first-order chi connectivity index (χ1) is 25.0. The molecule has 0 radical (unpaired) electrons. The van der Waals surface area contributed by atoms with Gasteiger partial charge in [0.25, 0.3) is 5.60 Å². The molecule has 3 saturated heterocycles. The zero-order valence-electron chi connectivity index (χ0n) is 28.4. The maximum absolute atomic E-state index is 14.4. The zero-order valence-corrected chi connectivity index (χ0v) is 28.4. The van der Waals surface area contributed by atoms with Crippen molar-refractivity contribution in [2.45, 2.75) is 87.4 Å². The lowest BCUT2D eigenvalue weighted by Gasteiger charge is -2.47. The van der Waals surface area contributed by atoms with Crippen molar-refractivity contribution < 1.29 is 72.2 Å². The summed E-state index contributed by atoms with van der Waals surface area (Å²) >= 11 is 0. The lowest BCUT2D eigenvalue weighted by Crippen LogP contribution is -2.60. The van der Waals surface area contributed by atoms with Crippen molar-refractivity contribution >= 4 is 30.0 Å². The maximum Gasteiger partial charge on any atom is 0.513 e. The number of aliphatic hydroxyl groups is 3. The summed E-state index contributed by atoms with van der Waals surface area (Å²) in [6.45, 7) is 0.721. The van der Waals surface area contributed by atoms with Crippen LogP contribution >= 0.6 is 0 Å². The summed E-state index contributed by atoms with van der Waals surface area (Å²) in [5.41, 5.74) is -1.38. The smallest absolute Gasteiger partial charge is 0.505 e. The molecule has 4 heterocycles. The SMILES string of the molecule is O=C(CCC(=O)OC[C@H](O)[C@H]1OC(=O)C(O)=C1O)OCOC(=O)OC(C(=O)OC1CC2CCC(C1)[N+]21CCCC1)(c1ccccc1)c1ccccc1. The van der Waals surface area contributed by atoms with E-state index in [9.17, 15) is 39.3 Å². The molecule has 2 bridgehead atoms. The highest BCUT2D eigenvalue weighted by Gasteiger charge is 2.57. The molecule has 0 aromatic heterocycles. The van der Waals surface area contributed by atoms with Gasteiger partial charge in [0.05, 0.1) is 38.0 Å². The molecular formula is C37H42NO14+. The van der Waals surface area contributed by atoms with Crippen LogP contribution in [-0.2, 0) is 53.2 Å². The Hall–Kier alpha value is -5.15. The van der Waals surface area contributed by atoms with Crippen LogP contribution in [0.4, 0.5) is 4.79 Å². The summed E-state index contributed by atoms with van der Waals surface area (Å²) in [6.07, 6.45) is 0.146. The normalized spacial score (nSPS) is 23.8. The maximum atomic E-state index is 14.4. The Morgan fingerprint density at radius 3 is 1.92 bits per heavy atom. The number of benzene rings is 2. The number of rotatable bonds is 13. The number of ether oxygens (including phenoxy) is 6. The summed E-state index contributed by atoms with van der Waals surface area (Å²) in [6, 6.07) is 17.8. The molecule has 278 valence electrons. The molecule has 4 aliphatic heterocycles. The largest absolute Gasteiger partial charge is 0.513 e. The van der Waals surface area contributed by atoms with Crippen molar-refractivity contribution in [3.05, 3.63) is 83.3 Å². The van der Waals surface area contributed by atoms with Crippen molar-refractivity contribution in [1.82, 2.24) is 0 Å². The van der Waals surface area contributed by atoms with Gasteiger partial charge in [0.15, 0.2) is 11.9 Å². The number of hydrogen-bond acceptors (Lipinski definition) is 14. The van der Waals surface area contributed by atoms with Gasteiger partial charge in [-0.1, -0.05) is 60.7 Å². The molecule has 4 aliphatic rings. The second-order valence-corrected chi connectivity index (χ2v) is 13.5. The van der Waals surface area contributed by atoms with Gasteiger partial charge in [0.1, 0.15) is 18.8 Å². The van der Waals surface area contributed by atoms with E-state index in [2.05, 4.69) is 4.74 Å². The van der Waals surface area contributed by atoms with Gasteiger partial charge in [0, 0.05) is 49.7 Å². The van der Waals surface area contributed by atoms with Gasteiger partial charge in [0.2, 0.25) is 12.6 Å². The van der Waals surface area contributed by atoms with Crippen molar-refractivity contribution in [1.29, 1.82) is 0 Å². The minimum absolute atomic E-state index is 0.333. The van der Waals surface area contributed by atoms with Crippen LogP contribution in [0.25, 0.3) is 0 Å². The molecule has 2 aromatic carbocycles. The summed E-state index contributed by atoms with van der Waals surface area (Å²) in [7, 11) is 0. The Bertz CT molecular complexity index is 1620.